The molecule has 0 radical (unpaired) electrons. The first-order valence-electron chi connectivity index (χ1n) is 7.61. The molecular formula is C20H39N3Ti. The number of hydrogen-bond donors (Lipinski definition) is 0. The summed E-state index contributed by atoms with van der Waals surface area (Å²) in [4.78, 5) is 0. The van der Waals surface area contributed by atoms with Gasteiger partial charge in [-0.05, 0) is 13.8 Å². The van der Waals surface area contributed by atoms with E-state index >= 15 is 0 Å². The van der Waals surface area contributed by atoms with Crippen LogP contribution < -0.4 is 0 Å². The monoisotopic (exact) mass is 369 g/mol. The fourth-order valence-corrected chi connectivity index (χ4v) is 0.763. The topological polar surface area (TPSA) is 42.3 Å². The second-order valence-corrected chi connectivity index (χ2v) is 5.73. The molecule has 24 heavy (non-hydrogen) atoms. The van der Waals surface area contributed by atoms with Crippen molar-refractivity contribution in [2.45, 2.75) is 34.1 Å². The second-order valence-electron chi connectivity index (χ2n) is 5.73. The summed E-state index contributed by atoms with van der Waals surface area (Å²) in [6, 6.07) is 0. The molecule has 0 atom stereocenters. The van der Waals surface area contributed by atoms with Crippen LogP contribution in [0.1, 0.15) is 34.1 Å². The third-order valence-electron chi connectivity index (χ3n) is 2.06. The van der Waals surface area contributed by atoms with Crippen molar-refractivity contribution in [1.82, 2.24) is 0 Å². The van der Waals surface area contributed by atoms with E-state index in [2.05, 4.69) is 55.1 Å². The summed E-state index contributed by atoms with van der Waals surface area (Å²) >= 11 is 0. The van der Waals surface area contributed by atoms with Crippen LogP contribution in [0.15, 0.2) is 42.5 Å². The van der Waals surface area contributed by atoms with Gasteiger partial charge in [0.25, 0.3) is 0 Å². The Hall–Kier alpha value is -0.446. The molecule has 1 aliphatic carbocycles. The van der Waals surface area contributed by atoms with Gasteiger partial charge in [-0.1, -0.05) is 50.0 Å². The minimum absolute atomic E-state index is 0. The molecule has 0 N–H and O–H groups in total. The van der Waals surface area contributed by atoms with Crippen molar-refractivity contribution in [2.24, 2.45) is 5.41 Å². The first-order valence-corrected chi connectivity index (χ1v) is 7.61. The van der Waals surface area contributed by atoms with Gasteiger partial charge in [0.05, 0.1) is 0 Å². The Morgan fingerprint density at radius 2 is 1.17 bits per heavy atom. The van der Waals surface area contributed by atoms with Gasteiger partial charge in [0.15, 0.2) is 0 Å². The molecule has 0 bridgehead atoms. The predicted molar refractivity (Wildman–Crippen MR) is 111 cm³/mol. The molecule has 3 nitrogen and oxygen atoms in total. The maximum atomic E-state index is 3.66. The van der Waals surface area contributed by atoms with Crippen LogP contribution in [0.2, 0.25) is 0 Å². The van der Waals surface area contributed by atoms with Gasteiger partial charge >= 0.3 is 21.7 Å². The van der Waals surface area contributed by atoms with Crippen LogP contribution in [-0.2, 0) is 21.7 Å². The summed E-state index contributed by atoms with van der Waals surface area (Å²) in [5.41, 5.74) is 2.42. The minimum atomic E-state index is 0. The molecule has 4 heteroatoms. The molecule has 0 aromatic rings. The molecule has 138 valence electrons. The van der Waals surface area contributed by atoms with E-state index in [0.717, 1.165) is 17.6 Å². The van der Waals surface area contributed by atoms with E-state index in [1.807, 2.05) is 26.0 Å². The maximum Gasteiger partial charge on any atom is 4.00 e. The van der Waals surface area contributed by atoms with Crippen LogP contribution in [0.4, 0.5) is 0 Å². The Labute approximate surface area is 168 Å². The van der Waals surface area contributed by atoms with Gasteiger partial charge in [0, 0.05) is 0 Å². The molecule has 0 aromatic carbocycles. The zero-order valence-corrected chi connectivity index (χ0v) is 19.3. The van der Waals surface area contributed by atoms with E-state index in [1.54, 1.807) is 42.3 Å². The van der Waals surface area contributed by atoms with Gasteiger partial charge in [0.2, 0.25) is 0 Å². The summed E-state index contributed by atoms with van der Waals surface area (Å²) in [7, 11) is 10.5. The van der Waals surface area contributed by atoms with Crippen LogP contribution in [-0.4, -0.2) is 42.3 Å². The summed E-state index contributed by atoms with van der Waals surface area (Å²) in [6.07, 6.45) is 10.6. The molecule has 0 amide bonds. The van der Waals surface area contributed by atoms with Gasteiger partial charge < -0.3 is 16.0 Å². The SMILES string of the molecule is C=C(C)C(=C)C.CC1(C)[C-]=CC=CC1.C[N-]C.C[N-]C.C[N-]C.[Ti+4]. The summed E-state index contributed by atoms with van der Waals surface area (Å²) < 4.78 is 0. The van der Waals surface area contributed by atoms with Gasteiger partial charge in [0.1, 0.15) is 0 Å². The molecule has 0 saturated carbocycles. The number of hydrogen-bond acceptors (Lipinski definition) is 0. The maximum absolute atomic E-state index is 3.66. The quantitative estimate of drug-likeness (QED) is 0.295. The summed E-state index contributed by atoms with van der Waals surface area (Å²) in [5, 5.41) is 10.5. The summed E-state index contributed by atoms with van der Waals surface area (Å²) in [6.45, 7) is 15.6. The standard InChI is InChI=1S/C8H11.C6H10.3C2H6N.Ti/c1-8(2)6-4-3-5-7-8;1-5(2)6(3)4;3*1-3-2;/h3-5H,6H2,1-2H3;1,3H2,2,4H3;3*1-2H3;/q-1;;3*-1;+4. The Morgan fingerprint density at radius 3 is 1.25 bits per heavy atom. The Kier molecular flexibility index (Phi) is 39.7. The third-order valence-corrected chi connectivity index (χ3v) is 2.06. The first kappa shape index (κ1) is 34.8. The summed E-state index contributed by atoms with van der Waals surface area (Å²) in [5.74, 6) is 0. The molecule has 0 saturated heterocycles. The van der Waals surface area contributed by atoms with Crippen molar-refractivity contribution in [3.05, 3.63) is 64.6 Å². The smallest absolute Gasteiger partial charge is 0.668 e. The molecule has 0 heterocycles. The first-order chi connectivity index (χ1) is 10.6. The molecule has 0 spiro atoms. The van der Waals surface area contributed by atoms with Crippen LogP contribution >= 0.6 is 0 Å². The van der Waals surface area contributed by atoms with E-state index < -0.39 is 0 Å². The van der Waals surface area contributed by atoms with Gasteiger partial charge in [-0.25, -0.2) is 12.2 Å². The second kappa shape index (κ2) is 27.4. The number of allylic oxidation sites excluding steroid dienone is 6. The fourth-order valence-electron chi connectivity index (χ4n) is 0.763. The fraction of sp³-hybridized carbons (Fsp3) is 0.600. The predicted octanol–water partition coefficient (Wildman–Crippen LogP) is 6.33. The number of nitrogens with zero attached hydrogens (tertiary/aromatic N) is 3. The van der Waals surface area contributed by atoms with E-state index in [0.29, 0.717) is 0 Å². The zero-order valence-electron chi connectivity index (χ0n) is 17.7. The van der Waals surface area contributed by atoms with Crippen molar-refractivity contribution in [1.29, 1.82) is 0 Å². The Balaban J connectivity index is -0.0000000674. The normalized spacial score (nSPS) is 12.1. The molecule has 0 fully saturated rings. The average molecular weight is 369 g/mol. The molecule has 1 rings (SSSR count). The van der Waals surface area contributed by atoms with Crippen molar-refractivity contribution in [3.8, 4) is 0 Å². The van der Waals surface area contributed by atoms with Crippen LogP contribution in [0.3, 0.4) is 0 Å². The largest absolute Gasteiger partial charge is 4.00 e. The third kappa shape index (κ3) is 49.6. The van der Waals surface area contributed by atoms with Gasteiger partial charge in [-0.2, -0.15) is 48.4 Å². The van der Waals surface area contributed by atoms with Crippen LogP contribution in [0.5, 0.6) is 0 Å². The van der Waals surface area contributed by atoms with Gasteiger partial charge in [-0.15, -0.1) is 0 Å². The molecule has 0 unspecified atom stereocenters. The van der Waals surface area contributed by atoms with Crippen molar-refractivity contribution >= 4 is 0 Å². The minimum Gasteiger partial charge on any atom is -0.668 e. The van der Waals surface area contributed by atoms with Gasteiger partial charge in [-0.3, -0.25) is 6.08 Å². The van der Waals surface area contributed by atoms with E-state index in [4.69, 9.17) is 0 Å². The van der Waals surface area contributed by atoms with Crippen LogP contribution in [0, 0.1) is 11.5 Å². The Morgan fingerprint density at radius 1 is 0.875 bits per heavy atom. The van der Waals surface area contributed by atoms with E-state index in [-0.39, 0.29) is 27.1 Å². The molecular weight excluding hydrogens is 330 g/mol. The molecule has 1 aliphatic rings. The number of rotatable bonds is 1. The van der Waals surface area contributed by atoms with Crippen LogP contribution in [0.25, 0.3) is 16.0 Å². The molecule has 0 aliphatic heterocycles. The zero-order chi connectivity index (χ0) is 19.3. The van der Waals surface area contributed by atoms with E-state index in [1.165, 1.54) is 0 Å². The van der Waals surface area contributed by atoms with Crippen molar-refractivity contribution in [2.75, 3.05) is 42.3 Å². The Bertz CT molecular complexity index is 302. The van der Waals surface area contributed by atoms with E-state index in [9.17, 15) is 0 Å². The van der Waals surface area contributed by atoms with Crippen molar-refractivity contribution in [3.63, 3.8) is 0 Å². The average Bonchev–Trinajstić information content (AvgIpc) is 2.41. The molecule has 0 aromatic heterocycles. The van der Waals surface area contributed by atoms with Crippen molar-refractivity contribution < 1.29 is 21.7 Å².